The summed E-state index contributed by atoms with van der Waals surface area (Å²) in [5.41, 5.74) is 1.36. The molecule has 0 radical (unpaired) electrons. The molecular weight excluding hydrogens is 350 g/mol. The number of nitrogens with zero attached hydrogens (tertiary/aromatic N) is 3. The number of hydrogen-bond donors (Lipinski definition) is 0. The van der Waals surface area contributed by atoms with Crippen molar-refractivity contribution < 1.29 is 9.53 Å². The average molecular weight is 371 g/mol. The lowest BCUT2D eigenvalue weighted by molar-refractivity contribution is -0.155. The van der Waals surface area contributed by atoms with Gasteiger partial charge in [-0.25, -0.2) is 0 Å². The Bertz CT molecular complexity index is 1140. The summed E-state index contributed by atoms with van der Waals surface area (Å²) in [6.07, 6.45) is 4.60. The Morgan fingerprint density at radius 3 is 2.79 bits per heavy atom. The smallest absolute Gasteiger partial charge is 0.327 e. The van der Waals surface area contributed by atoms with Crippen LogP contribution in [0.2, 0.25) is 0 Å². The van der Waals surface area contributed by atoms with E-state index in [1.54, 1.807) is 13.1 Å². The summed E-state index contributed by atoms with van der Waals surface area (Å²) in [6, 6.07) is 14.4. The number of pyridine rings is 2. The molecule has 3 aromatic rings. The number of fused-ring (bicyclic) bond motifs is 5. The molecule has 4 atom stereocenters. The van der Waals surface area contributed by atoms with Crippen molar-refractivity contribution in [2.75, 3.05) is 6.61 Å². The van der Waals surface area contributed by atoms with Crippen LogP contribution in [0.5, 0.6) is 0 Å². The van der Waals surface area contributed by atoms with Crippen LogP contribution in [0.25, 0.3) is 21.8 Å². The van der Waals surface area contributed by atoms with E-state index in [0.717, 1.165) is 46.8 Å². The molecule has 0 unspecified atom stereocenters. The van der Waals surface area contributed by atoms with E-state index >= 15 is 0 Å². The largest absolute Gasteiger partial charge is 0.465 e. The molecule has 0 N–H and O–H groups in total. The van der Waals surface area contributed by atoms with Crippen LogP contribution in [0, 0.1) is 28.6 Å². The molecule has 5 rings (SSSR count). The highest BCUT2D eigenvalue weighted by atomic mass is 16.5. The highest BCUT2D eigenvalue weighted by Crippen LogP contribution is 2.63. The van der Waals surface area contributed by atoms with Crippen LogP contribution >= 0.6 is 0 Å². The van der Waals surface area contributed by atoms with Crippen LogP contribution < -0.4 is 0 Å². The molecule has 5 nitrogen and oxygen atoms in total. The van der Waals surface area contributed by atoms with Crippen LogP contribution in [-0.4, -0.2) is 22.5 Å². The molecule has 2 heterocycles. The predicted octanol–water partition coefficient (Wildman–Crippen LogP) is 4.37. The first-order chi connectivity index (χ1) is 13.7. The highest BCUT2D eigenvalue weighted by molar-refractivity contribution is 6.02. The van der Waals surface area contributed by atoms with E-state index in [9.17, 15) is 10.1 Å². The third-order valence-electron chi connectivity index (χ3n) is 6.65. The standard InChI is InChI=1S/C23H21N3O2/c1-2-28-22(27)23(13-24)17-9-7-16(12-17)19(23)18-10-8-15-6-5-14-4-3-11-25-20(14)21(15)26-18/h3-6,8,10-11,16-17,19H,2,7,9,12H2,1H3/t16-,17+,19+,23-/m1/s1. The van der Waals surface area contributed by atoms with E-state index in [2.05, 4.69) is 11.1 Å². The summed E-state index contributed by atoms with van der Waals surface area (Å²) in [7, 11) is 0. The van der Waals surface area contributed by atoms with Gasteiger partial charge in [-0.3, -0.25) is 14.8 Å². The van der Waals surface area contributed by atoms with Gasteiger partial charge in [0.15, 0.2) is 5.41 Å². The maximum atomic E-state index is 13.0. The molecule has 1 aromatic carbocycles. The van der Waals surface area contributed by atoms with Crippen molar-refractivity contribution in [1.82, 2.24) is 9.97 Å². The van der Waals surface area contributed by atoms with Crippen molar-refractivity contribution in [2.24, 2.45) is 17.3 Å². The molecule has 2 bridgehead atoms. The average Bonchev–Trinajstić information content (AvgIpc) is 3.33. The molecular formula is C23H21N3O2. The Hall–Kier alpha value is -3.00. The van der Waals surface area contributed by atoms with Gasteiger partial charge in [0.05, 0.1) is 23.7 Å². The van der Waals surface area contributed by atoms with E-state index in [1.165, 1.54) is 0 Å². The molecule has 2 aromatic heterocycles. The second-order valence-corrected chi connectivity index (χ2v) is 7.90. The summed E-state index contributed by atoms with van der Waals surface area (Å²) >= 11 is 0. The molecule has 28 heavy (non-hydrogen) atoms. The van der Waals surface area contributed by atoms with Gasteiger partial charge in [-0.1, -0.05) is 24.3 Å². The van der Waals surface area contributed by atoms with E-state index in [0.29, 0.717) is 5.92 Å². The third-order valence-corrected chi connectivity index (χ3v) is 6.65. The number of hydrogen-bond acceptors (Lipinski definition) is 5. The Kier molecular flexibility index (Phi) is 3.83. The maximum Gasteiger partial charge on any atom is 0.327 e. The zero-order valence-corrected chi connectivity index (χ0v) is 15.8. The van der Waals surface area contributed by atoms with Crippen molar-refractivity contribution in [3.63, 3.8) is 0 Å². The lowest BCUT2D eigenvalue weighted by Gasteiger charge is -2.36. The lowest BCUT2D eigenvalue weighted by Crippen LogP contribution is -2.42. The first-order valence-electron chi connectivity index (χ1n) is 9.92. The van der Waals surface area contributed by atoms with Gasteiger partial charge in [0.25, 0.3) is 0 Å². The molecule has 0 amide bonds. The normalized spacial score (nSPS) is 28.5. The summed E-state index contributed by atoms with van der Waals surface area (Å²) in [6.45, 7) is 2.07. The Balaban J connectivity index is 1.70. The van der Waals surface area contributed by atoms with Crippen molar-refractivity contribution in [3.05, 3.63) is 48.3 Å². The zero-order valence-electron chi connectivity index (χ0n) is 15.8. The number of rotatable bonds is 3. The maximum absolute atomic E-state index is 13.0. The van der Waals surface area contributed by atoms with E-state index in [-0.39, 0.29) is 24.4 Å². The third kappa shape index (κ3) is 2.21. The summed E-state index contributed by atoms with van der Waals surface area (Å²) < 4.78 is 5.38. The quantitative estimate of drug-likeness (QED) is 0.505. The second kappa shape index (κ2) is 6.27. The summed E-state index contributed by atoms with van der Waals surface area (Å²) in [4.78, 5) is 22.5. The highest BCUT2D eigenvalue weighted by Gasteiger charge is 2.64. The van der Waals surface area contributed by atoms with E-state index < -0.39 is 5.41 Å². The molecule has 0 aliphatic heterocycles. The lowest BCUT2D eigenvalue weighted by atomic mass is 9.65. The van der Waals surface area contributed by atoms with Gasteiger partial charge in [0.2, 0.25) is 0 Å². The van der Waals surface area contributed by atoms with Crippen LogP contribution in [0.1, 0.15) is 37.8 Å². The SMILES string of the molecule is CCOC(=O)[C@]1(C#N)[C@H]2CC[C@H](C2)[C@H]1c1ccc2ccc3cccnc3c2n1. The minimum Gasteiger partial charge on any atom is -0.465 e. The molecule has 2 aliphatic carbocycles. The van der Waals surface area contributed by atoms with Gasteiger partial charge in [-0.15, -0.1) is 0 Å². The molecule has 2 fully saturated rings. The molecule has 2 saturated carbocycles. The van der Waals surface area contributed by atoms with Crippen molar-refractivity contribution in [3.8, 4) is 6.07 Å². The van der Waals surface area contributed by atoms with E-state index in [1.807, 2.05) is 36.4 Å². The molecule has 2 aliphatic rings. The first-order valence-corrected chi connectivity index (χ1v) is 9.92. The van der Waals surface area contributed by atoms with Crippen molar-refractivity contribution >= 4 is 27.8 Å². The summed E-state index contributed by atoms with van der Waals surface area (Å²) in [5.74, 6) is -0.261. The van der Waals surface area contributed by atoms with Gasteiger partial charge in [-0.2, -0.15) is 5.26 Å². The summed E-state index contributed by atoms with van der Waals surface area (Å²) in [5, 5.41) is 12.2. The van der Waals surface area contributed by atoms with Gasteiger partial charge in [0, 0.05) is 28.6 Å². The number of ether oxygens (including phenoxy) is 1. The van der Waals surface area contributed by atoms with Crippen LogP contribution in [-0.2, 0) is 9.53 Å². The number of esters is 1. The number of benzene rings is 1. The number of nitriles is 1. The molecule has 140 valence electrons. The van der Waals surface area contributed by atoms with Crippen LogP contribution in [0.15, 0.2) is 42.6 Å². The molecule has 0 spiro atoms. The number of carbonyl (C=O) groups is 1. The fourth-order valence-electron chi connectivity index (χ4n) is 5.50. The van der Waals surface area contributed by atoms with Crippen LogP contribution in [0.3, 0.4) is 0 Å². The zero-order chi connectivity index (χ0) is 19.3. The van der Waals surface area contributed by atoms with Gasteiger partial charge in [-0.05, 0) is 50.2 Å². The van der Waals surface area contributed by atoms with Crippen molar-refractivity contribution in [1.29, 1.82) is 5.26 Å². The monoisotopic (exact) mass is 371 g/mol. The minimum absolute atomic E-state index is 0.0506. The van der Waals surface area contributed by atoms with E-state index in [4.69, 9.17) is 9.72 Å². The van der Waals surface area contributed by atoms with Gasteiger partial charge in [0.1, 0.15) is 0 Å². The minimum atomic E-state index is -1.13. The number of carbonyl (C=O) groups excluding carboxylic acids is 1. The molecule has 5 heteroatoms. The Labute approximate surface area is 163 Å². The number of aromatic nitrogens is 2. The predicted molar refractivity (Wildman–Crippen MR) is 105 cm³/mol. The molecule has 0 saturated heterocycles. The topological polar surface area (TPSA) is 75.9 Å². The fourth-order valence-corrected chi connectivity index (χ4v) is 5.50. The van der Waals surface area contributed by atoms with Gasteiger partial charge >= 0.3 is 5.97 Å². The van der Waals surface area contributed by atoms with Gasteiger partial charge < -0.3 is 4.74 Å². The first kappa shape index (κ1) is 17.1. The fraction of sp³-hybridized carbons (Fsp3) is 0.391. The Morgan fingerprint density at radius 2 is 2.00 bits per heavy atom. The second-order valence-electron chi connectivity index (χ2n) is 7.90. The van der Waals surface area contributed by atoms with Crippen LogP contribution in [0.4, 0.5) is 0 Å². The van der Waals surface area contributed by atoms with Crippen molar-refractivity contribution in [2.45, 2.75) is 32.1 Å². The Morgan fingerprint density at radius 1 is 1.21 bits per heavy atom.